The molecular weight excluding hydrogens is 298 g/mol. The van der Waals surface area contributed by atoms with Gasteiger partial charge in [-0.25, -0.2) is 4.79 Å². The first-order valence-electron chi connectivity index (χ1n) is 5.55. The van der Waals surface area contributed by atoms with Gasteiger partial charge in [0.2, 0.25) is 5.91 Å². The average molecular weight is 314 g/mol. The van der Waals surface area contributed by atoms with E-state index in [4.69, 9.17) is 5.73 Å². The number of amides is 3. The summed E-state index contributed by atoms with van der Waals surface area (Å²) in [4.78, 5) is 24.1. The average Bonchev–Trinajstić information content (AvgIpc) is 2.32. The summed E-state index contributed by atoms with van der Waals surface area (Å²) in [5.74, 6) is -0.313. The van der Waals surface area contributed by atoms with Crippen molar-refractivity contribution in [3.8, 4) is 0 Å². The molecule has 0 aliphatic carbocycles. The van der Waals surface area contributed by atoms with Crippen LogP contribution in [0.2, 0.25) is 0 Å². The number of hydrogen-bond acceptors (Lipinski definition) is 3. The molecule has 98 valence electrons. The van der Waals surface area contributed by atoms with E-state index in [9.17, 15) is 9.59 Å². The molecule has 0 aliphatic rings. The van der Waals surface area contributed by atoms with Gasteiger partial charge in [0.15, 0.2) is 0 Å². The van der Waals surface area contributed by atoms with Crippen LogP contribution in [-0.2, 0) is 11.3 Å². The van der Waals surface area contributed by atoms with Crippen molar-refractivity contribution >= 4 is 27.9 Å². The standard InChI is InChI=1S/C12H16BrN3O2/c1-9(17)16(6-5-14)12(18)15-8-10-3-2-4-11(13)7-10/h2-4,7H,5-6,8,14H2,1H3,(H,15,18). The van der Waals surface area contributed by atoms with Gasteiger partial charge in [0.05, 0.1) is 0 Å². The van der Waals surface area contributed by atoms with E-state index in [1.165, 1.54) is 6.92 Å². The quantitative estimate of drug-likeness (QED) is 0.883. The first kappa shape index (κ1) is 14.7. The number of nitrogens with zero attached hydrogens (tertiary/aromatic N) is 1. The molecule has 0 atom stereocenters. The van der Waals surface area contributed by atoms with Crippen molar-refractivity contribution < 1.29 is 9.59 Å². The van der Waals surface area contributed by atoms with E-state index >= 15 is 0 Å². The number of nitrogens with two attached hydrogens (primary N) is 1. The lowest BCUT2D eigenvalue weighted by molar-refractivity contribution is -0.125. The van der Waals surface area contributed by atoms with E-state index in [0.717, 1.165) is 14.9 Å². The van der Waals surface area contributed by atoms with Crippen LogP contribution >= 0.6 is 15.9 Å². The monoisotopic (exact) mass is 313 g/mol. The summed E-state index contributed by atoms with van der Waals surface area (Å²) < 4.78 is 0.944. The maximum absolute atomic E-state index is 11.8. The van der Waals surface area contributed by atoms with Gasteiger partial charge in [-0.2, -0.15) is 0 Å². The molecule has 0 fully saturated rings. The summed E-state index contributed by atoms with van der Waals surface area (Å²) in [5, 5.41) is 2.68. The van der Waals surface area contributed by atoms with Crippen molar-refractivity contribution in [1.82, 2.24) is 10.2 Å². The Balaban J connectivity index is 2.56. The molecule has 1 aromatic rings. The SMILES string of the molecule is CC(=O)N(CCN)C(=O)NCc1cccc(Br)c1. The number of imide groups is 1. The Morgan fingerprint density at radius 3 is 2.72 bits per heavy atom. The highest BCUT2D eigenvalue weighted by atomic mass is 79.9. The van der Waals surface area contributed by atoms with E-state index in [1.54, 1.807) is 0 Å². The minimum absolute atomic E-state index is 0.222. The van der Waals surface area contributed by atoms with Gasteiger partial charge in [-0.1, -0.05) is 28.1 Å². The minimum atomic E-state index is -0.423. The molecule has 0 bridgehead atoms. The summed E-state index contributed by atoms with van der Waals surface area (Å²) in [7, 11) is 0. The molecule has 3 amide bonds. The maximum atomic E-state index is 11.8. The fraction of sp³-hybridized carbons (Fsp3) is 0.333. The predicted octanol–water partition coefficient (Wildman–Crippen LogP) is 1.47. The third kappa shape index (κ3) is 4.46. The van der Waals surface area contributed by atoms with Crippen LogP contribution in [-0.4, -0.2) is 29.9 Å². The largest absolute Gasteiger partial charge is 0.334 e. The normalized spacial score (nSPS) is 9.94. The first-order valence-corrected chi connectivity index (χ1v) is 6.34. The Hall–Kier alpha value is -1.40. The van der Waals surface area contributed by atoms with Crippen molar-refractivity contribution in [2.45, 2.75) is 13.5 Å². The molecule has 0 saturated heterocycles. The summed E-state index contributed by atoms with van der Waals surface area (Å²) in [5.41, 5.74) is 6.30. The molecule has 3 N–H and O–H groups in total. The zero-order chi connectivity index (χ0) is 13.5. The van der Waals surface area contributed by atoms with Crippen molar-refractivity contribution in [3.63, 3.8) is 0 Å². The molecule has 1 aromatic carbocycles. The number of benzene rings is 1. The lowest BCUT2D eigenvalue weighted by atomic mass is 10.2. The van der Waals surface area contributed by atoms with Gasteiger partial charge in [0.25, 0.3) is 0 Å². The van der Waals surface area contributed by atoms with Gasteiger partial charge < -0.3 is 11.1 Å². The summed E-state index contributed by atoms with van der Waals surface area (Å²) in [6.45, 7) is 2.19. The molecule has 0 aromatic heterocycles. The third-order valence-corrected chi connectivity index (χ3v) is 2.80. The second-order valence-corrected chi connectivity index (χ2v) is 4.66. The molecule has 0 radical (unpaired) electrons. The molecule has 0 heterocycles. The van der Waals surface area contributed by atoms with Crippen LogP contribution in [0.25, 0.3) is 0 Å². The highest BCUT2D eigenvalue weighted by molar-refractivity contribution is 9.10. The lowest BCUT2D eigenvalue weighted by Crippen LogP contribution is -2.44. The molecule has 18 heavy (non-hydrogen) atoms. The fourth-order valence-corrected chi connectivity index (χ4v) is 1.90. The third-order valence-electron chi connectivity index (χ3n) is 2.31. The smallest absolute Gasteiger partial charge is 0.324 e. The van der Waals surface area contributed by atoms with Crippen molar-refractivity contribution in [1.29, 1.82) is 0 Å². The Bertz CT molecular complexity index is 437. The van der Waals surface area contributed by atoms with Crippen LogP contribution in [0.1, 0.15) is 12.5 Å². The van der Waals surface area contributed by atoms with Gasteiger partial charge >= 0.3 is 6.03 Å². The van der Waals surface area contributed by atoms with Gasteiger partial charge in [-0.3, -0.25) is 9.69 Å². The number of carbonyl (C=O) groups is 2. The molecule has 1 rings (SSSR count). The first-order chi connectivity index (χ1) is 8.54. The Labute approximate surface area is 114 Å². The topological polar surface area (TPSA) is 75.4 Å². The number of rotatable bonds is 4. The van der Waals surface area contributed by atoms with Gasteiger partial charge in [-0.05, 0) is 17.7 Å². The Morgan fingerprint density at radius 2 is 2.17 bits per heavy atom. The van der Waals surface area contributed by atoms with E-state index in [0.29, 0.717) is 6.54 Å². The second-order valence-electron chi connectivity index (χ2n) is 3.75. The molecule has 5 nitrogen and oxygen atoms in total. The number of hydrogen-bond donors (Lipinski definition) is 2. The summed E-state index contributed by atoms with van der Waals surface area (Å²) >= 11 is 3.35. The zero-order valence-corrected chi connectivity index (χ0v) is 11.7. The molecular formula is C12H16BrN3O2. The van der Waals surface area contributed by atoms with Gasteiger partial charge in [0.1, 0.15) is 0 Å². The number of urea groups is 1. The van der Waals surface area contributed by atoms with E-state index in [1.807, 2.05) is 24.3 Å². The molecule has 0 aliphatic heterocycles. The highest BCUT2D eigenvalue weighted by Crippen LogP contribution is 2.11. The molecule has 0 saturated carbocycles. The number of halogens is 1. The highest BCUT2D eigenvalue weighted by Gasteiger charge is 2.16. The number of carbonyl (C=O) groups excluding carboxylic acids is 2. The van der Waals surface area contributed by atoms with E-state index in [-0.39, 0.29) is 19.0 Å². The van der Waals surface area contributed by atoms with Crippen molar-refractivity contribution in [2.75, 3.05) is 13.1 Å². The molecule has 0 unspecified atom stereocenters. The van der Waals surface area contributed by atoms with Crippen LogP contribution in [0, 0.1) is 0 Å². The summed E-state index contributed by atoms with van der Waals surface area (Å²) in [6.07, 6.45) is 0. The van der Waals surface area contributed by atoms with Gasteiger partial charge in [0, 0.05) is 31.0 Å². The van der Waals surface area contributed by atoms with E-state index in [2.05, 4.69) is 21.2 Å². The van der Waals surface area contributed by atoms with Gasteiger partial charge in [-0.15, -0.1) is 0 Å². The maximum Gasteiger partial charge on any atom is 0.324 e. The zero-order valence-electron chi connectivity index (χ0n) is 10.1. The Kier molecular flexibility index (Phi) is 5.80. The Morgan fingerprint density at radius 1 is 1.44 bits per heavy atom. The number of nitrogens with one attached hydrogen (secondary N) is 1. The van der Waals surface area contributed by atoms with Crippen molar-refractivity contribution in [2.24, 2.45) is 5.73 Å². The fourth-order valence-electron chi connectivity index (χ4n) is 1.45. The predicted molar refractivity (Wildman–Crippen MR) is 72.8 cm³/mol. The van der Waals surface area contributed by atoms with Crippen LogP contribution in [0.3, 0.4) is 0 Å². The lowest BCUT2D eigenvalue weighted by Gasteiger charge is -2.18. The molecule has 6 heteroatoms. The van der Waals surface area contributed by atoms with Crippen LogP contribution in [0.4, 0.5) is 4.79 Å². The second kappa shape index (κ2) is 7.13. The van der Waals surface area contributed by atoms with Crippen LogP contribution in [0.15, 0.2) is 28.7 Å². The minimum Gasteiger partial charge on any atom is -0.334 e. The van der Waals surface area contributed by atoms with E-state index < -0.39 is 6.03 Å². The van der Waals surface area contributed by atoms with Crippen LogP contribution < -0.4 is 11.1 Å². The van der Waals surface area contributed by atoms with Crippen LogP contribution in [0.5, 0.6) is 0 Å². The molecule has 0 spiro atoms. The van der Waals surface area contributed by atoms with Crippen molar-refractivity contribution in [3.05, 3.63) is 34.3 Å². The summed E-state index contributed by atoms with van der Waals surface area (Å²) in [6, 6.07) is 7.16.